The van der Waals surface area contributed by atoms with Crippen molar-refractivity contribution in [1.82, 2.24) is 0 Å². The molecule has 1 amide bonds. The molecular weight excluding hydrogens is 412 g/mol. The summed E-state index contributed by atoms with van der Waals surface area (Å²) in [5.74, 6) is -0.198. The molecule has 0 radical (unpaired) electrons. The van der Waals surface area contributed by atoms with Crippen molar-refractivity contribution in [2.24, 2.45) is 0 Å². The normalized spacial score (nSPS) is 13.1. The number of amides is 1. The molecule has 1 aliphatic rings. The molecular formula is C25H23ClN2O3. The molecule has 0 saturated carbocycles. The molecule has 1 aliphatic heterocycles. The van der Waals surface area contributed by atoms with Crippen LogP contribution < -0.4 is 15.0 Å². The highest BCUT2D eigenvalue weighted by Gasteiger charge is 2.17. The van der Waals surface area contributed by atoms with Crippen LogP contribution in [0.25, 0.3) is 0 Å². The van der Waals surface area contributed by atoms with Crippen LogP contribution in [0.2, 0.25) is 5.02 Å². The lowest BCUT2D eigenvalue weighted by atomic mass is 10.0. The third-order valence-electron chi connectivity index (χ3n) is 5.20. The Hall–Kier alpha value is -3.31. The van der Waals surface area contributed by atoms with E-state index in [0.717, 1.165) is 18.8 Å². The molecule has 0 bridgehead atoms. The number of nitrogens with zero attached hydrogens (tertiary/aromatic N) is 1. The number of carbonyl (C=O) groups excluding carboxylic acids is 2. The third-order valence-corrected chi connectivity index (χ3v) is 5.44. The van der Waals surface area contributed by atoms with Crippen LogP contribution in [0.1, 0.15) is 28.8 Å². The van der Waals surface area contributed by atoms with Crippen LogP contribution in [0.3, 0.4) is 0 Å². The van der Waals surface area contributed by atoms with Crippen molar-refractivity contribution in [1.29, 1.82) is 0 Å². The minimum absolute atomic E-state index is 0.212. The summed E-state index contributed by atoms with van der Waals surface area (Å²) in [6, 6.07) is 21.5. The standard InChI is InChI=1S/C25H23ClN2O3/c26-19-8-13-23(22(16-19)25(30)18-6-2-1-3-7-18)31-17-24(29)27-20-9-11-21(12-10-20)28-14-4-5-15-28/h1-3,6-13,16H,4-5,14-15,17H2,(H,27,29). The average Bonchev–Trinajstić information content (AvgIpc) is 3.34. The van der Waals surface area contributed by atoms with Gasteiger partial charge in [0.15, 0.2) is 12.4 Å². The highest BCUT2D eigenvalue weighted by molar-refractivity contribution is 6.31. The van der Waals surface area contributed by atoms with Gasteiger partial charge in [-0.1, -0.05) is 41.9 Å². The quantitative estimate of drug-likeness (QED) is 0.520. The minimum Gasteiger partial charge on any atom is -0.483 e. The Morgan fingerprint density at radius 1 is 0.935 bits per heavy atom. The van der Waals surface area contributed by atoms with Gasteiger partial charge < -0.3 is 15.0 Å². The van der Waals surface area contributed by atoms with Crippen molar-refractivity contribution in [3.63, 3.8) is 0 Å². The van der Waals surface area contributed by atoms with Gasteiger partial charge in [0.2, 0.25) is 0 Å². The summed E-state index contributed by atoms with van der Waals surface area (Å²) < 4.78 is 5.67. The number of rotatable bonds is 7. The molecule has 6 heteroatoms. The summed E-state index contributed by atoms with van der Waals surface area (Å²) in [7, 11) is 0. The van der Waals surface area contributed by atoms with Crippen molar-refractivity contribution in [3.8, 4) is 5.75 Å². The molecule has 0 spiro atoms. The summed E-state index contributed by atoms with van der Waals surface area (Å²) in [5.41, 5.74) is 2.71. The number of hydrogen-bond donors (Lipinski definition) is 1. The zero-order valence-corrected chi connectivity index (χ0v) is 17.8. The Balaban J connectivity index is 1.39. The molecule has 0 atom stereocenters. The smallest absolute Gasteiger partial charge is 0.262 e. The second kappa shape index (κ2) is 9.67. The zero-order valence-electron chi connectivity index (χ0n) is 17.0. The summed E-state index contributed by atoms with van der Waals surface area (Å²) >= 11 is 6.09. The molecule has 0 unspecified atom stereocenters. The van der Waals surface area contributed by atoms with Gasteiger partial charge in [0.05, 0.1) is 5.56 Å². The van der Waals surface area contributed by atoms with Gasteiger partial charge in [-0.2, -0.15) is 0 Å². The maximum absolute atomic E-state index is 12.9. The van der Waals surface area contributed by atoms with Crippen LogP contribution in [-0.2, 0) is 4.79 Å². The molecule has 1 heterocycles. The van der Waals surface area contributed by atoms with E-state index in [4.69, 9.17) is 16.3 Å². The number of anilines is 2. The predicted octanol–water partition coefficient (Wildman–Crippen LogP) is 5.19. The molecule has 1 N–H and O–H groups in total. The van der Waals surface area contributed by atoms with Crippen LogP contribution in [0.5, 0.6) is 5.75 Å². The van der Waals surface area contributed by atoms with Gasteiger partial charge in [0.25, 0.3) is 5.91 Å². The molecule has 3 aromatic rings. The van der Waals surface area contributed by atoms with Crippen LogP contribution in [0, 0.1) is 0 Å². The highest BCUT2D eigenvalue weighted by atomic mass is 35.5. The molecule has 3 aromatic carbocycles. The highest BCUT2D eigenvalue weighted by Crippen LogP contribution is 2.26. The number of nitrogens with one attached hydrogen (secondary N) is 1. The fourth-order valence-electron chi connectivity index (χ4n) is 3.62. The van der Waals surface area contributed by atoms with Gasteiger partial charge in [-0.25, -0.2) is 0 Å². The SMILES string of the molecule is O=C(COc1ccc(Cl)cc1C(=O)c1ccccc1)Nc1ccc(N2CCCC2)cc1. The Kier molecular flexibility index (Phi) is 6.53. The Morgan fingerprint density at radius 2 is 1.65 bits per heavy atom. The second-order valence-electron chi connectivity index (χ2n) is 7.41. The van der Waals surface area contributed by atoms with Crippen LogP contribution in [0.15, 0.2) is 72.8 Å². The van der Waals surface area contributed by atoms with Gasteiger partial charge >= 0.3 is 0 Å². The zero-order chi connectivity index (χ0) is 21.6. The lowest BCUT2D eigenvalue weighted by Gasteiger charge is -2.18. The third kappa shape index (κ3) is 5.25. The van der Waals surface area contributed by atoms with Crippen LogP contribution in [-0.4, -0.2) is 31.4 Å². The van der Waals surface area contributed by atoms with Gasteiger partial charge in [0, 0.05) is 35.1 Å². The summed E-state index contributed by atoms with van der Waals surface area (Å²) in [6.07, 6.45) is 2.44. The van der Waals surface area contributed by atoms with Gasteiger partial charge in [-0.05, 0) is 55.3 Å². The van der Waals surface area contributed by atoms with Crippen LogP contribution in [0.4, 0.5) is 11.4 Å². The Labute approximate surface area is 186 Å². The molecule has 1 saturated heterocycles. The molecule has 0 aliphatic carbocycles. The first kappa shape index (κ1) is 20.9. The van der Waals surface area contributed by atoms with Crippen molar-refractivity contribution in [3.05, 3.63) is 88.9 Å². The molecule has 1 fully saturated rings. The monoisotopic (exact) mass is 434 g/mol. The fraction of sp³-hybridized carbons (Fsp3) is 0.200. The lowest BCUT2D eigenvalue weighted by molar-refractivity contribution is -0.118. The van der Waals surface area contributed by atoms with E-state index in [9.17, 15) is 9.59 Å². The van der Waals surface area contributed by atoms with E-state index in [1.165, 1.54) is 12.8 Å². The van der Waals surface area contributed by atoms with Crippen molar-refractivity contribution >= 4 is 34.7 Å². The topological polar surface area (TPSA) is 58.6 Å². The summed E-state index contributed by atoms with van der Waals surface area (Å²) in [6.45, 7) is 1.93. The molecule has 0 aromatic heterocycles. The van der Waals surface area contributed by atoms with Crippen molar-refractivity contribution in [2.45, 2.75) is 12.8 Å². The largest absolute Gasteiger partial charge is 0.483 e. The maximum atomic E-state index is 12.9. The second-order valence-corrected chi connectivity index (χ2v) is 7.85. The molecule has 158 valence electrons. The van der Waals surface area contributed by atoms with Gasteiger partial charge in [0.1, 0.15) is 5.75 Å². The van der Waals surface area contributed by atoms with Crippen LogP contribution >= 0.6 is 11.6 Å². The number of carbonyl (C=O) groups is 2. The van der Waals surface area contributed by atoms with E-state index in [1.807, 2.05) is 30.3 Å². The molecule has 31 heavy (non-hydrogen) atoms. The van der Waals surface area contributed by atoms with E-state index >= 15 is 0 Å². The van der Waals surface area contributed by atoms with E-state index in [1.54, 1.807) is 42.5 Å². The van der Waals surface area contributed by atoms with E-state index < -0.39 is 0 Å². The van der Waals surface area contributed by atoms with Gasteiger partial charge in [-0.15, -0.1) is 0 Å². The Morgan fingerprint density at radius 3 is 2.35 bits per heavy atom. The summed E-state index contributed by atoms with van der Waals surface area (Å²) in [5, 5.41) is 3.25. The summed E-state index contributed by atoms with van der Waals surface area (Å²) in [4.78, 5) is 27.6. The first-order valence-corrected chi connectivity index (χ1v) is 10.6. The number of halogens is 1. The predicted molar refractivity (Wildman–Crippen MR) is 123 cm³/mol. The molecule has 4 rings (SSSR count). The first-order valence-electron chi connectivity index (χ1n) is 10.3. The van der Waals surface area contributed by atoms with Crippen molar-refractivity contribution < 1.29 is 14.3 Å². The average molecular weight is 435 g/mol. The van der Waals surface area contributed by atoms with Crippen molar-refractivity contribution in [2.75, 3.05) is 29.9 Å². The van der Waals surface area contributed by atoms with E-state index in [0.29, 0.717) is 27.6 Å². The van der Waals surface area contributed by atoms with E-state index in [-0.39, 0.29) is 18.3 Å². The molecule has 5 nitrogen and oxygen atoms in total. The maximum Gasteiger partial charge on any atom is 0.262 e. The van der Waals surface area contributed by atoms with Gasteiger partial charge in [-0.3, -0.25) is 9.59 Å². The Bertz CT molecular complexity index is 1060. The number of benzene rings is 3. The first-order chi connectivity index (χ1) is 15.1. The minimum atomic E-state index is -0.304. The fourth-order valence-corrected chi connectivity index (χ4v) is 3.79. The lowest BCUT2D eigenvalue weighted by Crippen LogP contribution is -2.21. The number of hydrogen-bond acceptors (Lipinski definition) is 4. The number of ether oxygens (including phenoxy) is 1. The number of ketones is 1. The van der Waals surface area contributed by atoms with E-state index in [2.05, 4.69) is 10.2 Å².